The van der Waals surface area contributed by atoms with E-state index >= 15 is 0 Å². The lowest BCUT2D eigenvalue weighted by molar-refractivity contribution is 0.101. The van der Waals surface area contributed by atoms with E-state index in [0.717, 1.165) is 0 Å². The minimum Gasteiger partial charge on any atom is -0.349 e. The van der Waals surface area contributed by atoms with Gasteiger partial charge in [-0.1, -0.05) is 39.3 Å². The fraction of sp³-hybridized carbons (Fsp3) is 0. The largest absolute Gasteiger partial charge is 0.439 e. The smallest absolute Gasteiger partial charge is 0.349 e. The van der Waals surface area contributed by atoms with E-state index < -0.39 is 11.7 Å². The molecule has 0 atom stereocenters. The van der Waals surface area contributed by atoms with Crippen LogP contribution >= 0.6 is 15.9 Å². The molecule has 2 amide bonds. The van der Waals surface area contributed by atoms with Crippen molar-refractivity contribution in [2.45, 2.75) is 0 Å². The number of H-pyrrole nitrogens is 2. The number of carbonyl (C=O) groups is 2. The van der Waals surface area contributed by atoms with Crippen LogP contribution in [0.1, 0.15) is 26.4 Å². The number of rotatable bonds is 5. The highest BCUT2D eigenvalue weighted by Gasteiger charge is 2.17. The zero-order valence-electron chi connectivity index (χ0n) is 18.3. The van der Waals surface area contributed by atoms with Crippen molar-refractivity contribution in [2.24, 2.45) is 0 Å². The molecule has 4 N–H and O–H groups in total. The molecule has 0 aliphatic carbocycles. The first-order chi connectivity index (χ1) is 17.4. The maximum Gasteiger partial charge on any atom is 0.439 e. The zero-order chi connectivity index (χ0) is 25.2. The summed E-state index contributed by atoms with van der Waals surface area (Å²) in [5.41, 5.74) is 2.85. The van der Waals surface area contributed by atoms with E-state index in [-0.39, 0.29) is 17.4 Å². The first-order valence-corrected chi connectivity index (χ1v) is 11.3. The van der Waals surface area contributed by atoms with Gasteiger partial charge < -0.3 is 15.6 Å². The molecule has 0 unspecified atom stereocenters. The average Bonchev–Trinajstić information content (AvgIpc) is 3.52. The Bertz CT molecular complexity index is 1740. The van der Waals surface area contributed by atoms with Crippen LogP contribution in [-0.2, 0) is 0 Å². The first kappa shape index (κ1) is 22.8. The fourth-order valence-corrected chi connectivity index (χ4v) is 4.03. The molecule has 11 heteroatoms. The van der Waals surface area contributed by atoms with Crippen molar-refractivity contribution in [3.8, 4) is 17.5 Å². The minimum absolute atomic E-state index is 0.165. The van der Waals surface area contributed by atoms with Crippen LogP contribution in [0.15, 0.2) is 80.5 Å². The standard InChI is InChI=1S/C25H15BrN6O4/c26-16-7-8-18(17(11-16)22-31-25(35)36-32-22)29-24(34)20-10-14-4-2-6-19(21(14)28-20)30-23(33)15-5-1-3-13(9-15)12-27/h1-11,28H,(H,29,34)(H,30,33)(H,31,32,35). The van der Waals surface area contributed by atoms with E-state index in [1.54, 1.807) is 60.7 Å². The Morgan fingerprint density at radius 1 is 0.944 bits per heavy atom. The summed E-state index contributed by atoms with van der Waals surface area (Å²) in [5, 5.41) is 19.1. The third-order valence-corrected chi connectivity index (χ3v) is 5.82. The Labute approximate surface area is 211 Å². The van der Waals surface area contributed by atoms with Crippen molar-refractivity contribution < 1.29 is 14.1 Å². The van der Waals surface area contributed by atoms with Crippen LogP contribution in [0.5, 0.6) is 0 Å². The number of hydrogen-bond donors (Lipinski definition) is 4. The molecule has 0 bridgehead atoms. The molecular weight excluding hydrogens is 528 g/mol. The second-order valence-corrected chi connectivity index (χ2v) is 8.60. The SMILES string of the molecule is N#Cc1cccc(C(=O)Nc2cccc3cc(C(=O)Nc4ccc(Br)cc4-c4noc(=O)[nH]4)[nH]c23)c1. The van der Waals surface area contributed by atoms with Crippen LogP contribution in [0, 0.1) is 11.3 Å². The summed E-state index contributed by atoms with van der Waals surface area (Å²) in [4.78, 5) is 42.8. The quantitative estimate of drug-likeness (QED) is 0.253. The third kappa shape index (κ3) is 4.53. The number of aromatic amines is 2. The molecule has 176 valence electrons. The molecule has 0 saturated heterocycles. The molecule has 5 aromatic rings. The van der Waals surface area contributed by atoms with Gasteiger partial charge in [-0.25, -0.2) is 4.79 Å². The molecule has 0 saturated carbocycles. The van der Waals surface area contributed by atoms with Gasteiger partial charge in [0.15, 0.2) is 5.82 Å². The maximum absolute atomic E-state index is 13.1. The van der Waals surface area contributed by atoms with E-state index in [0.29, 0.717) is 43.4 Å². The Morgan fingerprint density at radius 2 is 1.75 bits per heavy atom. The lowest BCUT2D eigenvalue weighted by Crippen LogP contribution is -2.14. The number of nitriles is 1. The number of amides is 2. The summed E-state index contributed by atoms with van der Waals surface area (Å²) in [6.45, 7) is 0. The van der Waals surface area contributed by atoms with E-state index in [1.165, 1.54) is 6.07 Å². The van der Waals surface area contributed by atoms with E-state index in [4.69, 9.17) is 5.26 Å². The van der Waals surface area contributed by atoms with Crippen molar-refractivity contribution in [3.63, 3.8) is 0 Å². The topological polar surface area (TPSA) is 157 Å². The van der Waals surface area contributed by atoms with E-state index in [2.05, 4.69) is 46.2 Å². The van der Waals surface area contributed by atoms with Crippen LogP contribution in [0.3, 0.4) is 0 Å². The Morgan fingerprint density at radius 3 is 2.53 bits per heavy atom. The van der Waals surface area contributed by atoms with E-state index in [1.807, 2.05) is 6.07 Å². The second-order valence-electron chi connectivity index (χ2n) is 7.69. The molecular formula is C25H15BrN6O4. The minimum atomic E-state index is -0.716. The first-order valence-electron chi connectivity index (χ1n) is 10.5. The van der Waals surface area contributed by atoms with Crippen LogP contribution in [0.2, 0.25) is 0 Å². The molecule has 10 nitrogen and oxygen atoms in total. The fourth-order valence-electron chi connectivity index (χ4n) is 3.66. The van der Waals surface area contributed by atoms with Crippen molar-refractivity contribution in [2.75, 3.05) is 10.6 Å². The maximum atomic E-state index is 13.1. The molecule has 0 fully saturated rings. The number of carbonyl (C=O) groups excluding carboxylic acids is 2. The predicted octanol–water partition coefficient (Wildman–Crippen LogP) is 4.65. The van der Waals surface area contributed by atoms with Gasteiger partial charge >= 0.3 is 5.76 Å². The molecule has 0 aliphatic heterocycles. The number of nitrogens with one attached hydrogen (secondary N) is 4. The Balaban J connectivity index is 1.43. The summed E-state index contributed by atoms with van der Waals surface area (Å²) in [7, 11) is 0. The Hall–Kier alpha value is -4.95. The molecule has 2 aromatic heterocycles. The zero-order valence-corrected chi connectivity index (χ0v) is 19.8. The summed E-state index contributed by atoms with van der Waals surface area (Å²) >= 11 is 3.37. The van der Waals surface area contributed by atoms with Crippen LogP contribution in [0.4, 0.5) is 11.4 Å². The molecule has 0 radical (unpaired) electrons. The summed E-state index contributed by atoms with van der Waals surface area (Å²) in [6.07, 6.45) is 0. The molecule has 0 aliphatic rings. The number of para-hydroxylation sites is 1. The lowest BCUT2D eigenvalue weighted by atomic mass is 10.1. The van der Waals surface area contributed by atoms with E-state index in [9.17, 15) is 14.4 Å². The van der Waals surface area contributed by atoms with Crippen molar-refractivity contribution in [3.05, 3.63) is 98.6 Å². The number of benzene rings is 3. The number of hydrogen-bond acceptors (Lipinski definition) is 6. The summed E-state index contributed by atoms with van der Waals surface area (Å²) in [5.74, 6) is -1.38. The average molecular weight is 543 g/mol. The third-order valence-electron chi connectivity index (χ3n) is 5.33. The highest BCUT2D eigenvalue weighted by Crippen LogP contribution is 2.30. The predicted molar refractivity (Wildman–Crippen MR) is 136 cm³/mol. The Kier molecular flexibility index (Phi) is 5.93. The van der Waals surface area contributed by atoms with Gasteiger partial charge in [0.2, 0.25) is 0 Å². The van der Waals surface area contributed by atoms with Crippen LogP contribution < -0.4 is 16.4 Å². The molecule has 2 heterocycles. The van der Waals surface area contributed by atoms with Crippen LogP contribution in [0.25, 0.3) is 22.3 Å². The molecule has 0 spiro atoms. The second kappa shape index (κ2) is 9.36. The number of aromatic nitrogens is 3. The van der Waals surface area contributed by atoms with Gasteiger partial charge in [0.25, 0.3) is 11.8 Å². The normalized spacial score (nSPS) is 10.7. The van der Waals surface area contributed by atoms with Gasteiger partial charge in [0, 0.05) is 21.0 Å². The van der Waals surface area contributed by atoms with Gasteiger partial charge in [-0.2, -0.15) is 5.26 Å². The lowest BCUT2D eigenvalue weighted by Gasteiger charge is -2.09. The number of anilines is 2. The van der Waals surface area contributed by atoms with Crippen molar-refractivity contribution in [1.29, 1.82) is 5.26 Å². The van der Waals surface area contributed by atoms with Crippen molar-refractivity contribution >= 4 is 50.0 Å². The highest BCUT2D eigenvalue weighted by molar-refractivity contribution is 9.10. The molecule has 3 aromatic carbocycles. The molecule has 36 heavy (non-hydrogen) atoms. The number of nitrogens with zero attached hydrogens (tertiary/aromatic N) is 2. The molecule has 5 rings (SSSR count). The van der Waals surface area contributed by atoms with Crippen molar-refractivity contribution in [1.82, 2.24) is 15.1 Å². The highest BCUT2D eigenvalue weighted by atomic mass is 79.9. The number of fused-ring (bicyclic) bond motifs is 1. The number of halogens is 1. The van der Waals surface area contributed by atoms with Gasteiger partial charge in [-0.05, 0) is 48.5 Å². The van der Waals surface area contributed by atoms with Crippen LogP contribution in [-0.4, -0.2) is 26.9 Å². The van der Waals surface area contributed by atoms with Gasteiger partial charge in [-0.15, -0.1) is 0 Å². The van der Waals surface area contributed by atoms with Gasteiger partial charge in [0.1, 0.15) is 5.69 Å². The van der Waals surface area contributed by atoms with Gasteiger partial charge in [0.05, 0.1) is 28.5 Å². The van der Waals surface area contributed by atoms with Gasteiger partial charge in [-0.3, -0.25) is 19.1 Å². The monoisotopic (exact) mass is 542 g/mol. The summed E-state index contributed by atoms with van der Waals surface area (Å²) < 4.78 is 5.30. The summed E-state index contributed by atoms with van der Waals surface area (Å²) in [6, 6.07) is 20.4.